The van der Waals surface area contributed by atoms with Crippen molar-refractivity contribution in [2.75, 3.05) is 25.1 Å². The van der Waals surface area contributed by atoms with Gasteiger partial charge in [-0.05, 0) is 74.1 Å². The number of carbonyl (C=O) groups is 3. The second-order valence-electron chi connectivity index (χ2n) is 9.89. The molecule has 0 saturated heterocycles. The van der Waals surface area contributed by atoms with Gasteiger partial charge in [-0.2, -0.15) is 0 Å². The van der Waals surface area contributed by atoms with E-state index in [1.807, 2.05) is 32.0 Å². The first kappa shape index (κ1) is 32.9. The number of hydrogen-bond acceptors (Lipinski definition) is 7. The van der Waals surface area contributed by atoms with E-state index in [9.17, 15) is 14.4 Å². The highest BCUT2D eigenvalue weighted by molar-refractivity contribution is 6.05. The fourth-order valence-corrected chi connectivity index (χ4v) is 3.92. The molecular formula is C35H41NO7. The maximum atomic E-state index is 13.0. The number of carbonyl (C=O) groups excluding carboxylic acids is 3. The maximum Gasteiger partial charge on any atom is 0.374 e. The molecular weight excluding hydrogens is 546 g/mol. The third-order valence-electron chi connectivity index (χ3n) is 6.37. The van der Waals surface area contributed by atoms with Crippen LogP contribution in [0.3, 0.4) is 0 Å². The van der Waals surface area contributed by atoms with E-state index < -0.39 is 11.9 Å². The van der Waals surface area contributed by atoms with E-state index in [1.54, 1.807) is 48.5 Å². The van der Waals surface area contributed by atoms with Crippen molar-refractivity contribution in [1.82, 2.24) is 0 Å². The molecule has 0 unspecified atom stereocenters. The molecule has 1 N–H and O–H groups in total. The van der Waals surface area contributed by atoms with Crippen LogP contribution < -0.4 is 14.8 Å². The van der Waals surface area contributed by atoms with Crippen LogP contribution in [0.4, 0.5) is 5.69 Å². The molecule has 0 radical (unpaired) electrons. The quantitative estimate of drug-likeness (QED) is 0.0722. The van der Waals surface area contributed by atoms with Crippen molar-refractivity contribution in [3.63, 3.8) is 0 Å². The summed E-state index contributed by atoms with van der Waals surface area (Å²) >= 11 is 0. The van der Waals surface area contributed by atoms with E-state index in [4.69, 9.17) is 18.9 Å². The normalized spacial score (nSPS) is 11.0. The Hall–Kier alpha value is -4.59. The van der Waals surface area contributed by atoms with Gasteiger partial charge in [0.25, 0.3) is 5.91 Å². The third-order valence-corrected chi connectivity index (χ3v) is 6.37. The van der Waals surface area contributed by atoms with Crippen LogP contribution in [0.1, 0.15) is 68.3 Å². The summed E-state index contributed by atoms with van der Waals surface area (Å²) in [5, 5.41) is 2.81. The smallest absolute Gasteiger partial charge is 0.374 e. The molecule has 43 heavy (non-hydrogen) atoms. The van der Waals surface area contributed by atoms with Crippen LogP contribution in [0.2, 0.25) is 0 Å². The Kier molecular flexibility index (Phi) is 14.4. The predicted octanol–water partition coefficient (Wildman–Crippen LogP) is 7.29. The Morgan fingerprint density at radius 2 is 1.40 bits per heavy atom. The lowest BCUT2D eigenvalue weighted by Crippen LogP contribution is -2.18. The molecule has 0 atom stereocenters. The van der Waals surface area contributed by atoms with Crippen LogP contribution in [0, 0.1) is 0 Å². The van der Waals surface area contributed by atoms with Gasteiger partial charge in [-0.25, -0.2) is 9.59 Å². The SMILES string of the molecule is CCCCOC(=O)/C=C(\Oc1ccccc1NC(=O)c1ccc(OCCCCc2ccccc2)cc1)C(=O)OCCCC. The first-order chi connectivity index (χ1) is 21.0. The van der Waals surface area contributed by atoms with Gasteiger partial charge in [-0.15, -0.1) is 0 Å². The first-order valence-corrected chi connectivity index (χ1v) is 14.9. The molecule has 228 valence electrons. The Labute approximate surface area is 254 Å². The summed E-state index contributed by atoms with van der Waals surface area (Å²) in [5.74, 6) is -1.35. The highest BCUT2D eigenvalue weighted by Gasteiger charge is 2.19. The number of ether oxygens (including phenoxy) is 4. The molecule has 0 aliphatic heterocycles. The minimum absolute atomic E-state index is 0.173. The molecule has 0 bridgehead atoms. The number of rotatable bonds is 18. The van der Waals surface area contributed by atoms with Gasteiger partial charge in [0.1, 0.15) is 5.75 Å². The van der Waals surface area contributed by atoms with Crippen molar-refractivity contribution in [3.05, 3.63) is 102 Å². The molecule has 0 saturated carbocycles. The molecule has 0 spiro atoms. The van der Waals surface area contributed by atoms with Gasteiger partial charge in [0.05, 0.1) is 31.6 Å². The molecule has 3 aromatic carbocycles. The van der Waals surface area contributed by atoms with Crippen molar-refractivity contribution in [1.29, 1.82) is 0 Å². The Bertz CT molecular complexity index is 1320. The number of benzene rings is 3. The highest BCUT2D eigenvalue weighted by Crippen LogP contribution is 2.27. The summed E-state index contributed by atoms with van der Waals surface area (Å²) in [6, 6.07) is 23.9. The van der Waals surface area contributed by atoms with E-state index in [1.165, 1.54) is 5.56 Å². The van der Waals surface area contributed by atoms with E-state index in [0.717, 1.165) is 38.2 Å². The van der Waals surface area contributed by atoms with Crippen LogP contribution in [0.25, 0.3) is 0 Å². The average Bonchev–Trinajstić information content (AvgIpc) is 3.02. The zero-order chi connectivity index (χ0) is 30.7. The highest BCUT2D eigenvalue weighted by atomic mass is 16.6. The number of esters is 2. The zero-order valence-corrected chi connectivity index (χ0v) is 25.0. The number of unbranched alkanes of at least 4 members (excludes halogenated alkanes) is 3. The van der Waals surface area contributed by atoms with Gasteiger partial charge >= 0.3 is 11.9 Å². The number of anilines is 1. The van der Waals surface area contributed by atoms with Gasteiger partial charge < -0.3 is 24.3 Å². The summed E-state index contributed by atoms with van der Waals surface area (Å²) in [6.45, 7) is 4.96. The zero-order valence-electron chi connectivity index (χ0n) is 25.0. The average molecular weight is 588 g/mol. The molecule has 8 nitrogen and oxygen atoms in total. The lowest BCUT2D eigenvalue weighted by molar-refractivity contribution is -0.143. The molecule has 0 heterocycles. The summed E-state index contributed by atoms with van der Waals surface area (Å²) in [7, 11) is 0. The Morgan fingerprint density at radius 3 is 2.12 bits per heavy atom. The molecule has 0 fully saturated rings. The first-order valence-electron chi connectivity index (χ1n) is 14.9. The molecule has 0 aliphatic carbocycles. The van der Waals surface area contributed by atoms with Crippen LogP contribution in [0.5, 0.6) is 11.5 Å². The predicted molar refractivity (Wildman–Crippen MR) is 166 cm³/mol. The van der Waals surface area contributed by atoms with Gasteiger partial charge in [0, 0.05) is 5.56 Å². The summed E-state index contributed by atoms with van der Waals surface area (Å²) in [5.41, 5.74) is 2.05. The molecule has 3 aromatic rings. The number of nitrogens with one attached hydrogen (secondary N) is 1. The van der Waals surface area contributed by atoms with Crippen molar-refractivity contribution in [2.24, 2.45) is 0 Å². The van der Waals surface area contributed by atoms with Crippen LogP contribution >= 0.6 is 0 Å². The second kappa shape index (κ2) is 18.8. The third kappa shape index (κ3) is 12.0. The molecule has 0 aliphatic rings. The molecule has 1 amide bonds. The van der Waals surface area contributed by atoms with Crippen molar-refractivity contribution >= 4 is 23.5 Å². The fourth-order valence-electron chi connectivity index (χ4n) is 3.92. The Morgan fingerprint density at radius 1 is 0.721 bits per heavy atom. The number of hydrogen-bond donors (Lipinski definition) is 1. The van der Waals surface area contributed by atoms with Crippen molar-refractivity contribution < 1.29 is 33.3 Å². The van der Waals surface area contributed by atoms with E-state index >= 15 is 0 Å². The fraction of sp³-hybridized carbons (Fsp3) is 0.343. The maximum absolute atomic E-state index is 13.0. The van der Waals surface area contributed by atoms with Crippen molar-refractivity contribution in [2.45, 2.75) is 58.8 Å². The van der Waals surface area contributed by atoms with Crippen LogP contribution in [0.15, 0.2) is 90.7 Å². The lowest BCUT2D eigenvalue weighted by atomic mass is 10.1. The largest absolute Gasteiger partial charge is 0.494 e. The molecule has 8 heteroatoms. The Balaban J connectivity index is 1.59. The minimum Gasteiger partial charge on any atom is -0.494 e. The van der Waals surface area contributed by atoms with Gasteiger partial charge in [-0.1, -0.05) is 69.2 Å². The monoisotopic (exact) mass is 587 g/mol. The molecule has 3 rings (SSSR count). The van der Waals surface area contributed by atoms with Crippen LogP contribution in [-0.2, 0) is 25.5 Å². The van der Waals surface area contributed by atoms with Gasteiger partial charge in [0.15, 0.2) is 5.75 Å². The standard InChI is InChI=1S/C35H41NO7/c1-3-5-23-41-33(37)26-32(35(39)42-24-6-4-2)43-31-18-11-10-17-30(31)36-34(38)28-19-21-29(22-20-28)40-25-13-12-16-27-14-8-7-9-15-27/h7-11,14-15,17-22,26H,3-6,12-13,16,23-25H2,1-2H3,(H,36,38)/b32-26-. The summed E-state index contributed by atoms with van der Waals surface area (Å²) in [4.78, 5) is 38.1. The van der Waals surface area contributed by atoms with Gasteiger partial charge in [-0.3, -0.25) is 4.79 Å². The second-order valence-corrected chi connectivity index (χ2v) is 9.89. The van der Waals surface area contributed by atoms with Crippen molar-refractivity contribution in [3.8, 4) is 11.5 Å². The van der Waals surface area contributed by atoms with Crippen LogP contribution in [-0.4, -0.2) is 37.7 Å². The minimum atomic E-state index is -0.794. The van der Waals surface area contributed by atoms with E-state index in [-0.39, 0.29) is 30.6 Å². The topological polar surface area (TPSA) is 100 Å². The van der Waals surface area contributed by atoms with Gasteiger partial charge in [0.2, 0.25) is 5.76 Å². The molecule has 0 aromatic heterocycles. The number of aryl methyl sites for hydroxylation is 1. The number of amides is 1. The van der Waals surface area contributed by atoms with E-state index in [2.05, 4.69) is 17.4 Å². The summed E-state index contributed by atoms with van der Waals surface area (Å²) in [6.07, 6.45) is 7.00. The van der Waals surface area contributed by atoms with E-state index in [0.29, 0.717) is 36.4 Å². The lowest BCUT2D eigenvalue weighted by Gasteiger charge is -2.14. The number of para-hydroxylation sites is 2. The summed E-state index contributed by atoms with van der Waals surface area (Å²) < 4.78 is 22.1.